The maximum absolute atomic E-state index is 13.2. The minimum absolute atomic E-state index is 0.00173. The Balaban J connectivity index is 1.22. The van der Waals surface area contributed by atoms with Crippen LogP contribution in [0, 0.1) is 23.7 Å². The zero-order valence-electron chi connectivity index (χ0n) is 21.8. The molecule has 4 atom stereocenters. The fourth-order valence-corrected chi connectivity index (χ4v) is 6.40. The molecule has 0 aromatic rings. The SMILES string of the molecule is COC1=C[C@H]2C(=O)N([C@@H]3CCC(=O)NC3=O)C(=O)[C@@H]2C=C1OC1CC(N[C@H](C(C)C)C2CCNCC2)C1. The fraction of sp³-hybridized carbons (Fsp3) is 0.704. The molecule has 0 spiro atoms. The molecule has 3 heterocycles. The molecule has 0 bridgehead atoms. The number of methoxy groups -OCH3 is 1. The molecule has 0 unspecified atom stereocenters. The summed E-state index contributed by atoms with van der Waals surface area (Å²) in [4.78, 5) is 51.3. The summed E-state index contributed by atoms with van der Waals surface area (Å²) in [5.41, 5.74) is 0. The molecule has 0 radical (unpaired) electrons. The highest BCUT2D eigenvalue weighted by Crippen LogP contribution is 2.40. The molecule has 2 aliphatic carbocycles. The van der Waals surface area contributed by atoms with Gasteiger partial charge in [0, 0.05) is 18.5 Å². The fourth-order valence-electron chi connectivity index (χ4n) is 6.40. The number of rotatable bonds is 8. The van der Waals surface area contributed by atoms with Crippen molar-refractivity contribution >= 4 is 23.6 Å². The van der Waals surface area contributed by atoms with Gasteiger partial charge in [-0.05, 0) is 69.2 Å². The third-order valence-electron chi connectivity index (χ3n) is 8.50. The molecule has 10 nitrogen and oxygen atoms in total. The van der Waals surface area contributed by atoms with E-state index in [4.69, 9.17) is 9.47 Å². The van der Waals surface area contributed by atoms with Crippen LogP contribution in [0.1, 0.15) is 52.4 Å². The molecule has 10 heteroatoms. The summed E-state index contributed by atoms with van der Waals surface area (Å²) < 4.78 is 11.8. The van der Waals surface area contributed by atoms with Crippen molar-refractivity contribution in [3.05, 3.63) is 23.7 Å². The first-order valence-electron chi connectivity index (χ1n) is 13.6. The highest BCUT2D eigenvalue weighted by molar-refractivity contribution is 6.12. The Morgan fingerprint density at radius 3 is 2.22 bits per heavy atom. The second-order valence-corrected chi connectivity index (χ2v) is 11.3. The van der Waals surface area contributed by atoms with Crippen molar-refractivity contribution in [1.29, 1.82) is 0 Å². The molecule has 202 valence electrons. The number of hydrogen-bond donors (Lipinski definition) is 3. The molecule has 37 heavy (non-hydrogen) atoms. The van der Waals surface area contributed by atoms with Gasteiger partial charge in [0.2, 0.25) is 23.6 Å². The number of nitrogens with zero attached hydrogens (tertiary/aromatic N) is 1. The Morgan fingerprint density at radius 2 is 1.62 bits per heavy atom. The van der Waals surface area contributed by atoms with Crippen LogP contribution < -0.4 is 16.0 Å². The summed E-state index contributed by atoms with van der Waals surface area (Å²) in [6.45, 7) is 6.72. The van der Waals surface area contributed by atoms with E-state index in [0.717, 1.165) is 30.8 Å². The lowest BCUT2D eigenvalue weighted by molar-refractivity contribution is -0.151. The van der Waals surface area contributed by atoms with E-state index in [-0.39, 0.29) is 18.9 Å². The number of hydrogen-bond acceptors (Lipinski definition) is 8. The number of likely N-dealkylation sites (tertiary alicyclic amines) is 1. The van der Waals surface area contributed by atoms with Crippen LogP contribution in [0.25, 0.3) is 0 Å². The molecule has 0 aromatic carbocycles. The van der Waals surface area contributed by atoms with Crippen molar-refractivity contribution in [2.45, 2.75) is 76.6 Å². The summed E-state index contributed by atoms with van der Waals surface area (Å²) in [6.07, 6.45) is 7.66. The van der Waals surface area contributed by atoms with Gasteiger partial charge in [0.15, 0.2) is 11.5 Å². The van der Waals surface area contributed by atoms with Crippen LogP contribution in [0.15, 0.2) is 23.7 Å². The minimum Gasteiger partial charge on any atom is -0.493 e. The first-order valence-corrected chi connectivity index (χ1v) is 13.6. The number of piperidine rings is 2. The number of nitrogens with one attached hydrogen (secondary N) is 3. The Kier molecular flexibility index (Phi) is 7.40. The number of amides is 4. The zero-order chi connectivity index (χ0) is 26.3. The van der Waals surface area contributed by atoms with Crippen molar-refractivity contribution in [3.63, 3.8) is 0 Å². The van der Waals surface area contributed by atoms with Gasteiger partial charge in [0.25, 0.3) is 0 Å². The van der Waals surface area contributed by atoms with Gasteiger partial charge < -0.3 is 20.1 Å². The first kappa shape index (κ1) is 25.9. The van der Waals surface area contributed by atoms with Gasteiger partial charge in [-0.2, -0.15) is 0 Å². The normalized spacial score (nSPS) is 33.4. The number of ether oxygens (including phenoxy) is 2. The van der Waals surface area contributed by atoms with Crippen LogP contribution in [-0.4, -0.2) is 73.0 Å². The van der Waals surface area contributed by atoms with Gasteiger partial charge in [-0.3, -0.25) is 29.4 Å². The van der Waals surface area contributed by atoms with Crippen molar-refractivity contribution in [1.82, 2.24) is 20.9 Å². The molecule has 3 aliphatic heterocycles. The van der Waals surface area contributed by atoms with Gasteiger partial charge in [-0.25, -0.2) is 0 Å². The smallest absolute Gasteiger partial charge is 0.249 e. The van der Waals surface area contributed by atoms with E-state index >= 15 is 0 Å². The summed E-state index contributed by atoms with van der Waals surface area (Å²) >= 11 is 0. The third-order valence-corrected chi connectivity index (χ3v) is 8.50. The maximum Gasteiger partial charge on any atom is 0.249 e. The molecule has 1 saturated carbocycles. The second kappa shape index (κ2) is 10.6. The maximum atomic E-state index is 13.2. The lowest BCUT2D eigenvalue weighted by atomic mass is 9.81. The second-order valence-electron chi connectivity index (χ2n) is 11.3. The topological polar surface area (TPSA) is 126 Å². The van der Waals surface area contributed by atoms with Gasteiger partial charge in [0.05, 0.1) is 18.9 Å². The van der Waals surface area contributed by atoms with Crippen molar-refractivity contribution < 1.29 is 28.7 Å². The molecule has 4 fully saturated rings. The molecule has 5 aliphatic rings. The van der Waals surface area contributed by atoms with E-state index < -0.39 is 41.5 Å². The molecule has 4 amide bonds. The van der Waals surface area contributed by atoms with Crippen LogP contribution in [-0.2, 0) is 28.7 Å². The lowest BCUT2D eigenvalue weighted by Crippen LogP contribution is -2.54. The van der Waals surface area contributed by atoms with E-state index in [2.05, 4.69) is 29.8 Å². The largest absolute Gasteiger partial charge is 0.493 e. The van der Waals surface area contributed by atoms with Crippen LogP contribution in [0.3, 0.4) is 0 Å². The monoisotopic (exact) mass is 514 g/mol. The van der Waals surface area contributed by atoms with Crippen LogP contribution in [0.2, 0.25) is 0 Å². The van der Waals surface area contributed by atoms with Crippen LogP contribution in [0.4, 0.5) is 0 Å². The van der Waals surface area contributed by atoms with E-state index in [9.17, 15) is 19.2 Å². The van der Waals surface area contributed by atoms with E-state index in [1.165, 1.54) is 20.0 Å². The molecule has 0 aromatic heterocycles. The van der Waals surface area contributed by atoms with E-state index in [1.54, 1.807) is 12.2 Å². The predicted molar refractivity (Wildman–Crippen MR) is 133 cm³/mol. The van der Waals surface area contributed by atoms with Gasteiger partial charge in [-0.15, -0.1) is 0 Å². The highest BCUT2D eigenvalue weighted by atomic mass is 16.5. The number of carbonyl (C=O) groups excluding carboxylic acids is 4. The number of fused-ring (bicyclic) bond motifs is 1. The quantitative estimate of drug-likeness (QED) is 0.410. The molecular formula is C27H38N4O6. The van der Waals surface area contributed by atoms with Crippen LogP contribution >= 0.6 is 0 Å². The highest BCUT2D eigenvalue weighted by Gasteiger charge is 2.53. The Morgan fingerprint density at radius 1 is 0.973 bits per heavy atom. The third kappa shape index (κ3) is 5.05. The zero-order valence-corrected chi connectivity index (χ0v) is 21.8. The average Bonchev–Trinajstić information content (AvgIpc) is 3.09. The Bertz CT molecular complexity index is 1010. The number of carbonyl (C=O) groups is 4. The lowest BCUT2D eigenvalue weighted by Gasteiger charge is -2.43. The van der Waals surface area contributed by atoms with Gasteiger partial charge in [0.1, 0.15) is 12.1 Å². The van der Waals surface area contributed by atoms with Crippen molar-refractivity contribution in [3.8, 4) is 0 Å². The molecule has 5 rings (SSSR count). The van der Waals surface area contributed by atoms with Gasteiger partial charge in [-0.1, -0.05) is 13.8 Å². The van der Waals surface area contributed by atoms with Gasteiger partial charge >= 0.3 is 0 Å². The average molecular weight is 515 g/mol. The summed E-state index contributed by atoms with van der Waals surface area (Å²) in [5, 5.41) is 9.55. The van der Waals surface area contributed by atoms with Crippen LogP contribution in [0.5, 0.6) is 0 Å². The van der Waals surface area contributed by atoms with Crippen molar-refractivity contribution in [2.24, 2.45) is 23.7 Å². The number of imide groups is 2. The minimum atomic E-state index is -0.965. The summed E-state index contributed by atoms with van der Waals surface area (Å²) in [7, 11) is 1.51. The summed E-state index contributed by atoms with van der Waals surface area (Å²) in [5.74, 6) is -1.23. The standard InChI is InChI=1S/C27H38N4O6/c1-14(2)24(15-6-8-28-9-7-15)29-16-10-17(11-16)37-22-13-19-18(12-21(22)36-3)26(34)31(27(19)35)20-4-5-23(32)30-25(20)33/h12-20,24,28-29H,4-11H2,1-3H3,(H,30,32,33)/t16?,17?,18-,19-,20-,24-/m1/s1. The Labute approximate surface area is 217 Å². The Hall–Kier alpha value is -2.72. The first-order chi connectivity index (χ1) is 17.8. The van der Waals surface area contributed by atoms with Crippen molar-refractivity contribution in [2.75, 3.05) is 20.2 Å². The summed E-state index contributed by atoms with van der Waals surface area (Å²) in [6, 6.07) is -0.0952. The molecule has 3 N–H and O–H groups in total. The predicted octanol–water partition coefficient (Wildman–Crippen LogP) is 0.982. The van der Waals surface area contributed by atoms with E-state index in [1.807, 2.05) is 0 Å². The van der Waals surface area contributed by atoms with E-state index in [0.29, 0.717) is 35.4 Å². The molecule has 3 saturated heterocycles. The molecular weight excluding hydrogens is 476 g/mol.